The van der Waals surface area contributed by atoms with Crippen molar-refractivity contribution < 1.29 is 5.11 Å². The Hall–Kier alpha value is -2.16. The Bertz CT molecular complexity index is 692. The zero-order valence-corrected chi connectivity index (χ0v) is 13.2. The van der Waals surface area contributed by atoms with Crippen molar-refractivity contribution in [3.05, 3.63) is 46.8 Å². The van der Waals surface area contributed by atoms with Gasteiger partial charge in [-0.05, 0) is 32.3 Å². The molecule has 0 bridgehead atoms. The molecule has 2 rings (SSSR count). The number of halogens is 1. The van der Waals surface area contributed by atoms with E-state index >= 15 is 0 Å². The predicted octanol–water partition coefficient (Wildman–Crippen LogP) is 2.42. The molecule has 22 heavy (non-hydrogen) atoms. The van der Waals surface area contributed by atoms with Crippen LogP contribution in [0.3, 0.4) is 0 Å². The number of anilines is 1. The van der Waals surface area contributed by atoms with Crippen molar-refractivity contribution in [2.75, 3.05) is 11.9 Å². The molecule has 0 aliphatic heterocycles. The van der Waals surface area contributed by atoms with Gasteiger partial charge in [-0.3, -0.25) is 4.98 Å². The number of hydrogen-bond acceptors (Lipinski definition) is 5. The maximum absolute atomic E-state index is 8.99. The van der Waals surface area contributed by atoms with Crippen LogP contribution in [0.1, 0.15) is 30.3 Å². The van der Waals surface area contributed by atoms with Crippen LogP contribution in [0.4, 0.5) is 5.69 Å². The van der Waals surface area contributed by atoms with Crippen molar-refractivity contribution in [2.24, 2.45) is 0 Å². The summed E-state index contributed by atoms with van der Waals surface area (Å²) in [5.74, 6) is 5.98. The molecule has 0 aromatic carbocycles. The van der Waals surface area contributed by atoms with E-state index < -0.39 is 0 Å². The highest BCUT2D eigenvalue weighted by Crippen LogP contribution is 2.19. The third-order valence-electron chi connectivity index (χ3n) is 2.94. The fraction of sp³-hybridized carbons (Fsp3) is 0.312. The molecule has 114 valence electrons. The first-order valence-electron chi connectivity index (χ1n) is 6.92. The zero-order chi connectivity index (χ0) is 15.9. The number of pyridine rings is 1. The molecule has 0 radical (unpaired) electrons. The lowest BCUT2D eigenvalue weighted by atomic mass is 10.2. The average Bonchev–Trinajstić information content (AvgIpc) is 2.48. The minimum absolute atomic E-state index is 0.100. The second-order valence-electron chi connectivity index (χ2n) is 4.90. The molecule has 2 N–H and O–H groups in total. The quantitative estimate of drug-likeness (QED) is 0.669. The van der Waals surface area contributed by atoms with Crippen LogP contribution < -0.4 is 5.32 Å². The van der Waals surface area contributed by atoms with Gasteiger partial charge in [0.2, 0.25) is 0 Å². The average molecular weight is 317 g/mol. The summed E-state index contributed by atoms with van der Waals surface area (Å²) in [6.45, 7) is 3.97. The zero-order valence-electron chi connectivity index (χ0n) is 12.5. The number of hydrogen-bond donors (Lipinski definition) is 2. The lowest BCUT2D eigenvalue weighted by molar-refractivity contribution is 0.282. The van der Waals surface area contributed by atoms with Crippen LogP contribution in [0.25, 0.3) is 0 Å². The molecule has 0 fully saturated rings. The van der Waals surface area contributed by atoms with Gasteiger partial charge < -0.3 is 10.4 Å². The third kappa shape index (κ3) is 4.69. The first-order valence-corrected chi connectivity index (χ1v) is 7.30. The Labute approximate surface area is 134 Å². The summed E-state index contributed by atoms with van der Waals surface area (Å²) >= 11 is 5.94. The normalized spacial score (nSPS) is 11.5. The van der Waals surface area contributed by atoms with Gasteiger partial charge in [0.05, 0.1) is 23.1 Å². The van der Waals surface area contributed by atoms with Crippen molar-refractivity contribution in [3.63, 3.8) is 0 Å². The molecule has 6 heteroatoms. The lowest BCUT2D eigenvalue weighted by Gasteiger charge is -2.15. The molecule has 0 saturated carbocycles. The van der Waals surface area contributed by atoms with Crippen LogP contribution >= 0.6 is 11.6 Å². The van der Waals surface area contributed by atoms with Crippen LogP contribution in [0.2, 0.25) is 5.15 Å². The van der Waals surface area contributed by atoms with Gasteiger partial charge in [0.1, 0.15) is 10.8 Å². The highest BCUT2D eigenvalue weighted by Gasteiger charge is 2.06. The number of aryl methyl sites for hydroxylation is 1. The van der Waals surface area contributed by atoms with Gasteiger partial charge in [-0.1, -0.05) is 17.5 Å². The second-order valence-corrected chi connectivity index (χ2v) is 5.29. The van der Waals surface area contributed by atoms with E-state index in [0.29, 0.717) is 17.3 Å². The molecule has 2 aromatic heterocycles. The first-order chi connectivity index (χ1) is 10.6. The molecular formula is C16H17ClN4O. The van der Waals surface area contributed by atoms with Gasteiger partial charge in [-0.25, -0.2) is 9.97 Å². The molecule has 0 amide bonds. The summed E-state index contributed by atoms with van der Waals surface area (Å²) in [7, 11) is 0. The van der Waals surface area contributed by atoms with E-state index in [9.17, 15) is 0 Å². The molecule has 0 aliphatic carbocycles. The number of nitrogens with zero attached hydrogens (tertiary/aromatic N) is 3. The van der Waals surface area contributed by atoms with Gasteiger partial charge in [-0.15, -0.1) is 0 Å². The molecule has 0 spiro atoms. The van der Waals surface area contributed by atoms with Crippen molar-refractivity contribution in [2.45, 2.75) is 26.3 Å². The summed E-state index contributed by atoms with van der Waals surface area (Å²) in [4.78, 5) is 12.4. The smallest absolute Gasteiger partial charge is 0.131 e. The van der Waals surface area contributed by atoms with Crippen LogP contribution in [0, 0.1) is 18.8 Å². The fourth-order valence-electron chi connectivity index (χ4n) is 1.77. The standard InChI is InChI=1S/C16H17ClN4O/c1-11(5-6-22)21-15-7-16(17)20-9-13(15)3-4-14-10-18-12(2)8-19-14/h7-11,22H,5-6H2,1-2H3,(H,20,21)/t11-/m0/s1. The first kappa shape index (κ1) is 16.2. The SMILES string of the molecule is Cc1cnc(C#Cc2cnc(Cl)cc2N[C@@H](C)CCO)cn1. The second kappa shape index (κ2) is 7.74. The molecule has 0 unspecified atom stereocenters. The Morgan fingerprint density at radius 3 is 2.73 bits per heavy atom. The van der Waals surface area contributed by atoms with E-state index in [2.05, 4.69) is 32.1 Å². The van der Waals surface area contributed by atoms with Gasteiger partial charge in [0.25, 0.3) is 0 Å². The van der Waals surface area contributed by atoms with E-state index in [1.807, 2.05) is 13.8 Å². The summed E-state index contributed by atoms with van der Waals surface area (Å²) in [6.07, 6.45) is 5.56. The maximum Gasteiger partial charge on any atom is 0.131 e. The van der Waals surface area contributed by atoms with Crippen molar-refractivity contribution >= 4 is 17.3 Å². The van der Waals surface area contributed by atoms with E-state index in [1.54, 1.807) is 24.7 Å². The molecular weight excluding hydrogens is 300 g/mol. The monoisotopic (exact) mass is 316 g/mol. The van der Waals surface area contributed by atoms with Crippen molar-refractivity contribution in [3.8, 4) is 11.8 Å². The van der Waals surface area contributed by atoms with Crippen molar-refractivity contribution in [1.82, 2.24) is 15.0 Å². The summed E-state index contributed by atoms with van der Waals surface area (Å²) in [5, 5.41) is 12.7. The highest BCUT2D eigenvalue weighted by atomic mass is 35.5. The van der Waals surface area contributed by atoms with Gasteiger partial charge in [-0.2, -0.15) is 0 Å². The van der Waals surface area contributed by atoms with Crippen LogP contribution in [0.5, 0.6) is 0 Å². The van der Waals surface area contributed by atoms with Crippen LogP contribution in [-0.4, -0.2) is 32.7 Å². The minimum atomic E-state index is 0.100. The molecule has 0 saturated heterocycles. The Balaban J connectivity index is 2.25. The number of nitrogens with one attached hydrogen (secondary N) is 1. The Morgan fingerprint density at radius 1 is 1.23 bits per heavy atom. The predicted molar refractivity (Wildman–Crippen MR) is 86.8 cm³/mol. The van der Waals surface area contributed by atoms with Gasteiger partial charge in [0, 0.05) is 25.0 Å². The number of rotatable bonds is 4. The number of aromatic nitrogens is 3. The fourth-order valence-corrected chi connectivity index (χ4v) is 1.93. The Morgan fingerprint density at radius 2 is 2.05 bits per heavy atom. The number of aliphatic hydroxyl groups is 1. The number of aliphatic hydroxyl groups excluding tert-OH is 1. The molecule has 2 aromatic rings. The van der Waals surface area contributed by atoms with Gasteiger partial charge in [0.15, 0.2) is 0 Å². The van der Waals surface area contributed by atoms with Crippen LogP contribution in [-0.2, 0) is 0 Å². The summed E-state index contributed by atoms with van der Waals surface area (Å²) in [5.41, 5.74) is 2.94. The summed E-state index contributed by atoms with van der Waals surface area (Å²) < 4.78 is 0. The van der Waals surface area contributed by atoms with E-state index in [-0.39, 0.29) is 12.6 Å². The van der Waals surface area contributed by atoms with Crippen LogP contribution in [0.15, 0.2) is 24.7 Å². The maximum atomic E-state index is 8.99. The largest absolute Gasteiger partial charge is 0.396 e. The molecule has 5 nitrogen and oxygen atoms in total. The molecule has 0 aliphatic rings. The minimum Gasteiger partial charge on any atom is -0.396 e. The van der Waals surface area contributed by atoms with Crippen molar-refractivity contribution in [1.29, 1.82) is 0 Å². The van der Waals surface area contributed by atoms with E-state index in [4.69, 9.17) is 16.7 Å². The summed E-state index contributed by atoms with van der Waals surface area (Å²) in [6, 6.07) is 1.82. The molecule has 2 heterocycles. The Kier molecular flexibility index (Phi) is 5.70. The van der Waals surface area contributed by atoms with Gasteiger partial charge >= 0.3 is 0 Å². The lowest BCUT2D eigenvalue weighted by Crippen LogP contribution is -2.17. The van der Waals surface area contributed by atoms with E-state index in [0.717, 1.165) is 16.9 Å². The third-order valence-corrected chi connectivity index (χ3v) is 3.15. The topological polar surface area (TPSA) is 70.9 Å². The van der Waals surface area contributed by atoms with E-state index in [1.165, 1.54) is 0 Å². The highest BCUT2D eigenvalue weighted by molar-refractivity contribution is 6.29. The molecule has 1 atom stereocenters.